The molecule has 0 heterocycles. The van der Waals surface area contributed by atoms with E-state index in [0.29, 0.717) is 6.61 Å². The van der Waals surface area contributed by atoms with Gasteiger partial charge < -0.3 is 9.47 Å². The van der Waals surface area contributed by atoms with Crippen LogP contribution in [0.1, 0.15) is 16.7 Å². The quantitative estimate of drug-likeness (QED) is 0.782. The first-order valence-electron chi connectivity index (χ1n) is 6.52. The van der Waals surface area contributed by atoms with Gasteiger partial charge in [0.25, 0.3) is 0 Å². The van der Waals surface area contributed by atoms with Crippen LogP contribution < -0.4 is 4.74 Å². The molecule has 104 valence electrons. The minimum atomic E-state index is -0.243. The highest BCUT2D eigenvalue weighted by molar-refractivity contribution is 5.72. The van der Waals surface area contributed by atoms with E-state index in [1.165, 1.54) is 7.11 Å². The lowest BCUT2D eigenvalue weighted by Gasteiger charge is -2.11. The van der Waals surface area contributed by atoms with E-state index in [1.54, 1.807) is 0 Å². The van der Waals surface area contributed by atoms with Crippen LogP contribution in [0.2, 0.25) is 0 Å². The molecule has 0 aliphatic heterocycles. The van der Waals surface area contributed by atoms with Gasteiger partial charge in [-0.15, -0.1) is 0 Å². The van der Waals surface area contributed by atoms with Gasteiger partial charge in [-0.3, -0.25) is 4.79 Å². The zero-order valence-electron chi connectivity index (χ0n) is 11.8. The van der Waals surface area contributed by atoms with Gasteiger partial charge >= 0.3 is 5.97 Å². The van der Waals surface area contributed by atoms with E-state index in [0.717, 1.165) is 22.4 Å². The van der Waals surface area contributed by atoms with Gasteiger partial charge in [0.05, 0.1) is 13.5 Å². The number of benzene rings is 2. The Morgan fingerprint density at radius 2 is 1.80 bits per heavy atom. The molecule has 0 fully saturated rings. The van der Waals surface area contributed by atoms with Crippen LogP contribution in [-0.2, 0) is 22.6 Å². The maximum Gasteiger partial charge on any atom is 0.309 e. The van der Waals surface area contributed by atoms with Crippen LogP contribution >= 0.6 is 0 Å². The van der Waals surface area contributed by atoms with Crippen molar-refractivity contribution >= 4 is 5.97 Å². The number of aryl methyl sites for hydroxylation is 1. The molecule has 0 atom stereocenters. The summed E-state index contributed by atoms with van der Waals surface area (Å²) in [4.78, 5) is 11.4. The first-order valence-corrected chi connectivity index (χ1v) is 6.52. The van der Waals surface area contributed by atoms with Crippen molar-refractivity contribution in [3.8, 4) is 5.75 Å². The lowest BCUT2D eigenvalue weighted by atomic mass is 10.1. The number of ether oxygens (including phenoxy) is 2. The molecule has 3 nitrogen and oxygen atoms in total. The molecule has 0 N–H and O–H groups in total. The fourth-order valence-electron chi connectivity index (χ4n) is 1.96. The molecule has 2 rings (SSSR count). The van der Waals surface area contributed by atoms with Crippen LogP contribution in [0.25, 0.3) is 0 Å². The van der Waals surface area contributed by atoms with Gasteiger partial charge in [-0.05, 0) is 35.7 Å². The Kier molecular flexibility index (Phi) is 4.77. The van der Waals surface area contributed by atoms with E-state index in [9.17, 15) is 4.79 Å². The van der Waals surface area contributed by atoms with Crippen molar-refractivity contribution in [2.45, 2.75) is 20.0 Å². The molecule has 2 aromatic rings. The SMILES string of the molecule is COC(=O)Cc1ccccc1COc1cccc(C)c1. The van der Waals surface area contributed by atoms with Gasteiger partial charge in [0, 0.05) is 0 Å². The van der Waals surface area contributed by atoms with Gasteiger partial charge in [-0.25, -0.2) is 0 Å². The van der Waals surface area contributed by atoms with Crippen molar-refractivity contribution in [1.82, 2.24) is 0 Å². The van der Waals surface area contributed by atoms with Crippen LogP contribution in [0.5, 0.6) is 5.75 Å². The zero-order valence-corrected chi connectivity index (χ0v) is 11.8. The lowest BCUT2D eigenvalue weighted by Crippen LogP contribution is -2.08. The molecule has 0 spiro atoms. The minimum Gasteiger partial charge on any atom is -0.489 e. The van der Waals surface area contributed by atoms with Crippen LogP contribution in [0.3, 0.4) is 0 Å². The Morgan fingerprint density at radius 1 is 1.05 bits per heavy atom. The summed E-state index contributed by atoms with van der Waals surface area (Å²) in [6, 6.07) is 15.6. The number of methoxy groups -OCH3 is 1. The van der Waals surface area contributed by atoms with Gasteiger partial charge in [0.1, 0.15) is 12.4 Å². The summed E-state index contributed by atoms with van der Waals surface area (Å²) in [6.07, 6.45) is 0.268. The average molecular weight is 270 g/mol. The highest BCUT2D eigenvalue weighted by atomic mass is 16.5. The predicted octanol–water partition coefficient (Wildman–Crippen LogP) is 3.29. The van der Waals surface area contributed by atoms with E-state index in [1.807, 2.05) is 55.5 Å². The first kappa shape index (κ1) is 14.1. The van der Waals surface area contributed by atoms with Crippen LogP contribution in [0, 0.1) is 6.92 Å². The fraction of sp³-hybridized carbons (Fsp3) is 0.235. The van der Waals surface area contributed by atoms with E-state index in [2.05, 4.69) is 0 Å². The number of rotatable bonds is 5. The molecule has 0 aliphatic carbocycles. The summed E-state index contributed by atoms with van der Waals surface area (Å²) < 4.78 is 10.5. The third-order valence-electron chi connectivity index (χ3n) is 3.06. The Bertz CT molecular complexity index is 590. The lowest BCUT2D eigenvalue weighted by molar-refractivity contribution is -0.139. The second-order valence-corrected chi connectivity index (χ2v) is 4.63. The molecule has 0 aromatic heterocycles. The van der Waals surface area contributed by atoms with Crippen molar-refractivity contribution in [1.29, 1.82) is 0 Å². The molecular formula is C17H18O3. The zero-order chi connectivity index (χ0) is 14.4. The molecule has 0 unspecified atom stereocenters. The normalized spacial score (nSPS) is 10.1. The topological polar surface area (TPSA) is 35.5 Å². The van der Waals surface area contributed by atoms with Crippen molar-refractivity contribution < 1.29 is 14.3 Å². The van der Waals surface area contributed by atoms with Crippen molar-refractivity contribution in [3.05, 3.63) is 65.2 Å². The summed E-state index contributed by atoms with van der Waals surface area (Å²) in [5.74, 6) is 0.589. The summed E-state index contributed by atoms with van der Waals surface area (Å²) in [5.41, 5.74) is 3.09. The maximum absolute atomic E-state index is 11.4. The maximum atomic E-state index is 11.4. The molecule has 0 aliphatic rings. The highest BCUT2D eigenvalue weighted by Crippen LogP contribution is 2.17. The van der Waals surface area contributed by atoms with Gasteiger partial charge in [-0.1, -0.05) is 36.4 Å². The molecular weight excluding hydrogens is 252 g/mol. The second-order valence-electron chi connectivity index (χ2n) is 4.63. The summed E-state index contributed by atoms with van der Waals surface area (Å²) in [7, 11) is 1.40. The van der Waals surface area contributed by atoms with Gasteiger partial charge in [-0.2, -0.15) is 0 Å². The molecule has 20 heavy (non-hydrogen) atoms. The van der Waals surface area contributed by atoms with E-state index >= 15 is 0 Å². The van der Waals surface area contributed by atoms with Gasteiger partial charge in [0.2, 0.25) is 0 Å². The Morgan fingerprint density at radius 3 is 2.50 bits per heavy atom. The van der Waals surface area contributed by atoms with Gasteiger partial charge in [0.15, 0.2) is 0 Å². The molecule has 0 saturated carbocycles. The molecule has 0 saturated heterocycles. The molecule has 2 aromatic carbocycles. The van der Waals surface area contributed by atoms with E-state index < -0.39 is 0 Å². The molecule has 0 bridgehead atoms. The number of hydrogen-bond acceptors (Lipinski definition) is 3. The number of carbonyl (C=O) groups excluding carboxylic acids is 1. The smallest absolute Gasteiger partial charge is 0.309 e. The Labute approximate surface area is 119 Å². The predicted molar refractivity (Wildman–Crippen MR) is 77.7 cm³/mol. The van der Waals surface area contributed by atoms with Crippen LogP contribution in [-0.4, -0.2) is 13.1 Å². The number of carbonyl (C=O) groups is 1. The Hall–Kier alpha value is -2.29. The number of esters is 1. The second kappa shape index (κ2) is 6.75. The van der Waals surface area contributed by atoms with Crippen molar-refractivity contribution in [2.75, 3.05) is 7.11 Å². The van der Waals surface area contributed by atoms with E-state index in [-0.39, 0.29) is 12.4 Å². The molecule has 3 heteroatoms. The number of hydrogen-bond donors (Lipinski definition) is 0. The summed E-state index contributed by atoms with van der Waals surface area (Å²) in [5, 5.41) is 0. The van der Waals surface area contributed by atoms with Crippen molar-refractivity contribution in [3.63, 3.8) is 0 Å². The minimum absolute atomic E-state index is 0.243. The van der Waals surface area contributed by atoms with E-state index in [4.69, 9.17) is 9.47 Å². The average Bonchev–Trinajstić information content (AvgIpc) is 2.46. The summed E-state index contributed by atoms with van der Waals surface area (Å²) in [6.45, 7) is 2.47. The third kappa shape index (κ3) is 3.85. The largest absolute Gasteiger partial charge is 0.489 e. The standard InChI is InChI=1S/C17H18O3/c1-13-6-5-9-16(10-13)20-12-15-8-4-3-7-14(15)11-17(18)19-2/h3-10H,11-12H2,1-2H3. The molecule has 0 radical (unpaired) electrons. The van der Waals surface area contributed by atoms with Crippen LogP contribution in [0.4, 0.5) is 0 Å². The van der Waals surface area contributed by atoms with Crippen molar-refractivity contribution in [2.24, 2.45) is 0 Å². The van der Waals surface area contributed by atoms with Crippen LogP contribution in [0.15, 0.2) is 48.5 Å². The molecule has 0 amide bonds. The third-order valence-corrected chi connectivity index (χ3v) is 3.06. The fourth-order valence-corrected chi connectivity index (χ4v) is 1.96. The highest BCUT2D eigenvalue weighted by Gasteiger charge is 2.08. The first-order chi connectivity index (χ1) is 9.69. The Balaban J connectivity index is 2.07. The monoisotopic (exact) mass is 270 g/mol. The summed E-state index contributed by atoms with van der Waals surface area (Å²) >= 11 is 0.